The summed E-state index contributed by atoms with van der Waals surface area (Å²) in [5.41, 5.74) is -1.99. The minimum atomic E-state index is -4.11. The predicted octanol–water partition coefficient (Wildman–Crippen LogP) is 3.97. The van der Waals surface area contributed by atoms with E-state index in [0.717, 1.165) is 31.2 Å². The van der Waals surface area contributed by atoms with E-state index in [1.807, 2.05) is 6.92 Å². The highest BCUT2D eigenvalue weighted by molar-refractivity contribution is 7.92. The molecule has 2 aliphatic carbocycles. The number of nitrogens with one attached hydrogen (secondary N) is 1. The highest BCUT2D eigenvalue weighted by Gasteiger charge is 2.62. The van der Waals surface area contributed by atoms with E-state index in [2.05, 4.69) is 5.32 Å². The van der Waals surface area contributed by atoms with Crippen LogP contribution in [0, 0.1) is 29.4 Å². The van der Waals surface area contributed by atoms with Crippen LogP contribution in [0.4, 0.5) is 14.5 Å². The van der Waals surface area contributed by atoms with Crippen LogP contribution in [0.2, 0.25) is 5.02 Å². The van der Waals surface area contributed by atoms with Gasteiger partial charge >= 0.3 is 0 Å². The van der Waals surface area contributed by atoms with Crippen LogP contribution >= 0.6 is 11.6 Å². The molecule has 192 valence electrons. The topological polar surface area (TPSA) is 118 Å². The summed E-state index contributed by atoms with van der Waals surface area (Å²) >= 11 is 6.22. The van der Waals surface area contributed by atoms with Gasteiger partial charge in [-0.3, -0.25) is 14.4 Å². The van der Waals surface area contributed by atoms with Crippen molar-refractivity contribution in [3.8, 4) is 0 Å². The van der Waals surface area contributed by atoms with E-state index >= 15 is 0 Å². The summed E-state index contributed by atoms with van der Waals surface area (Å²) in [6, 6.07) is 6.46. The molecule has 2 aliphatic rings. The van der Waals surface area contributed by atoms with Crippen molar-refractivity contribution in [3.63, 3.8) is 0 Å². The Labute approximate surface area is 211 Å². The highest BCUT2D eigenvalue weighted by atomic mass is 35.5. The molecule has 2 aromatic rings. The van der Waals surface area contributed by atoms with Gasteiger partial charge in [0.2, 0.25) is 5.78 Å². The van der Waals surface area contributed by atoms with Gasteiger partial charge in [-0.15, -0.1) is 0 Å². The molecule has 2 N–H and O–H groups in total. The molecule has 0 heterocycles. The van der Waals surface area contributed by atoms with Crippen molar-refractivity contribution in [1.29, 1.82) is 0 Å². The van der Waals surface area contributed by atoms with Gasteiger partial charge in [0, 0.05) is 24.2 Å². The molecule has 7 nitrogen and oxygen atoms in total. The SMILES string of the molecule is CC(=O)C(=O)[C@@]1(O)C2CC(S(=O)(=O)c3cc(C(=O)Nc4ccc(F)c(F)c4)ccc3Cl)CC1[C@@H](C)C2. The van der Waals surface area contributed by atoms with Crippen LogP contribution in [0.25, 0.3) is 0 Å². The molecular formula is C25H24ClF2NO6S. The highest BCUT2D eigenvalue weighted by Crippen LogP contribution is 2.55. The van der Waals surface area contributed by atoms with Crippen molar-refractivity contribution < 1.29 is 36.7 Å². The van der Waals surface area contributed by atoms with Gasteiger partial charge in [-0.25, -0.2) is 17.2 Å². The molecule has 4 rings (SSSR count). The van der Waals surface area contributed by atoms with Crippen LogP contribution in [0.1, 0.15) is 43.5 Å². The van der Waals surface area contributed by atoms with Gasteiger partial charge < -0.3 is 10.4 Å². The van der Waals surface area contributed by atoms with Gasteiger partial charge in [0.05, 0.1) is 15.2 Å². The molecule has 36 heavy (non-hydrogen) atoms. The number of rotatable bonds is 6. The molecule has 2 fully saturated rings. The molecule has 2 saturated carbocycles. The summed E-state index contributed by atoms with van der Waals surface area (Å²) in [4.78, 5) is 36.7. The monoisotopic (exact) mass is 539 g/mol. The molecule has 0 spiro atoms. The Hall–Kier alpha value is -2.69. The van der Waals surface area contributed by atoms with Gasteiger partial charge in [-0.1, -0.05) is 18.5 Å². The number of amides is 1. The van der Waals surface area contributed by atoms with Crippen LogP contribution in [-0.2, 0) is 19.4 Å². The average molecular weight is 540 g/mol. The first-order valence-corrected chi connectivity index (χ1v) is 13.3. The van der Waals surface area contributed by atoms with Gasteiger partial charge in [0.1, 0.15) is 5.60 Å². The Kier molecular flexibility index (Phi) is 6.83. The van der Waals surface area contributed by atoms with Crippen LogP contribution in [0.15, 0.2) is 41.3 Å². The number of aliphatic hydroxyl groups is 1. The number of sulfone groups is 1. The van der Waals surface area contributed by atoms with Crippen molar-refractivity contribution in [2.75, 3.05) is 5.32 Å². The molecule has 0 radical (unpaired) electrons. The number of halogens is 3. The third kappa shape index (κ3) is 4.35. The van der Waals surface area contributed by atoms with Crippen molar-refractivity contribution in [1.82, 2.24) is 0 Å². The Morgan fingerprint density at radius 2 is 1.75 bits per heavy atom. The first-order chi connectivity index (χ1) is 16.8. The maximum absolute atomic E-state index is 13.6. The fourth-order valence-electron chi connectivity index (χ4n) is 5.62. The fraction of sp³-hybridized carbons (Fsp3) is 0.400. The lowest BCUT2D eigenvalue weighted by Gasteiger charge is -2.41. The maximum atomic E-state index is 13.6. The Balaban J connectivity index is 1.62. The minimum absolute atomic E-state index is 0.0227. The third-order valence-corrected chi connectivity index (χ3v) is 10.0. The summed E-state index contributed by atoms with van der Waals surface area (Å²) in [7, 11) is -4.11. The Morgan fingerprint density at radius 3 is 2.36 bits per heavy atom. The third-order valence-electron chi connectivity index (χ3n) is 7.39. The first-order valence-electron chi connectivity index (χ1n) is 11.3. The molecule has 2 bridgehead atoms. The molecule has 2 aromatic carbocycles. The average Bonchev–Trinajstić information content (AvgIpc) is 2.94. The van der Waals surface area contributed by atoms with Crippen molar-refractivity contribution in [3.05, 3.63) is 58.6 Å². The Bertz CT molecular complexity index is 1380. The predicted molar refractivity (Wildman–Crippen MR) is 127 cm³/mol. The van der Waals surface area contributed by atoms with Gasteiger partial charge in [-0.2, -0.15) is 0 Å². The normalized spacial score (nSPS) is 27.5. The van der Waals surface area contributed by atoms with E-state index in [-0.39, 0.29) is 39.9 Å². The van der Waals surface area contributed by atoms with Gasteiger partial charge in [0.25, 0.3) is 5.91 Å². The van der Waals surface area contributed by atoms with E-state index in [1.165, 1.54) is 12.1 Å². The standard InChI is InChI=1S/C25H24ClF2NO6S/c1-12-7-15-9-17(11-18(12)25(15,33)23(31)13(2)30)36(34,35)22-8-14(3-5-19(22)26)24(32)29-16-4-6-20(27)21(28)10-16/h3-6,8,10,12,15,17-18,33H,7,9,11H2,1-2H3,(H,29,32)/t12-,15?,17?,18?,25+/m0/s1. The van der Waals surface area contributed by atoms with Crippen LogP contribution in [0.5, 0.6) is 0 Å². The zero-order valence-electron chi connectivity index (χ0n) is 19.4. The second kappa shape index (κ2) is 9.32. The molecule has 3 unspecified atom stereocenters. The Morgan fingerprint density at radius 1 is 1.06 bits per heavy atom. The van der Waals surface area contributed by atoms with E-state index in [4.69, 9.17) is 11.6 Å². The van der Waals surface area contributed by atoms with Crippen molar-refractivity contribution in [2.45, 2.75) is 48.9 Å². The lowest BCUT2D eigenvalue weighted by molar-refractivity contribution is -0.157. The molecular weight excluding hydrogens is 516 g/mol. The van der Waals surface area contributed by atoms with E-state index in [9.17, 15) is 36.7 Å². The number of hydrogen-bond acceptors (Lipinski definition) is 6. The molecule has 0 aromatic heterocycles. The summed E-state index contributed by atoms with van der Waals surface area (Å²) < 4.78 is 53.9. The molecule has 0 saturated heterocycles. The van der Waals surface area contributed by atoms with E-state index in [0.29, 0.717) is 6.42 Å². The molecule has 0 aliphatic heterocycles. The van der Waals surface area contributed by atoms with Crippen molar-refractivity contribution >= 4 is 44.6 Å². The number of carbonyl (C=O) groups is 3. The molecule has 5 atom stereocenters. The number of Topliss-reactive ketones (excluding diaryl/α,β-unsaturated/α-hetero) is 2. The summed E-state index contributed by atoms with van der Waals surface area (Å²) in [6.07, 6.45) is 0.314. The second-order valence-electron chi connectivity index (χ2n) is 9.59. The number of carbonyl (C=O) groups excluding carboxylic acids is 3. The quantitative estimate of drug-likeness (QED) is 0.536. The number of anilines is 1. The summed E-state index contributed by atoms with van der Waals surface area (Å²) in [5, 5.41) is 12.5. The van der Waals surface area contributed by atoms with Crippen LogP contribution in [0.3, 0.4) is 0 Å². The largest absolute Gasteiger partial charge is 0.381 e. The second-order valence-corrected chi connectivity index (χ2v) is 12.2. The summed E-state index contributed by atoms with van der Waals surface area (Å²) in [5.74, 6) is -6.26. The lowest BCUT2D eigenvalue weighted by atomic mass is 9.70. The van der Waals surface area contributed by atoms with Gasteiger partial charge in [0.15, 0.2) is 27.3 Å². The van der Waals surface area contributed by atoms with Gasteiger partial charge in [-0.05, 0) is 67.3 Å². The zero-order valence-corrected chi connectivity index (χ0v) is 21.0. The fourth-order valence-corrected chi connectivity index (χ4v) is 8.00. The van der Waals surface area contributed by atoms with Crippen LogP contribution in [-0.4, -0.2) is 41.8 Å². The molecule has 11 heteroatoms. The maximum Gasteiger partial charge on any atom is 0.255 e. The van der Waals surface area contributed by atoms with Crippen molar-refractivity contribution in [2.24, 2.45) is 17.8 Å². The zero-order chi connectivity index (χ0) is 26.6. The van der Waals surface area contributed by atoms with Crippen LogP contribution < -0.4 is 5.32 Å². The van der Waals surface area contributed by atoms with E-state index < -0.39 is 61.6 Å². The minimum Gasteiger partial charge on any atom is -0.381 e. The number of hydrogen-bond donors (Lipinski definition) is 2. The number of ketones is 2. The number of fused-ring (bicyclic) bond motifs is 2. The summed E-state index contributed by atoms with van der Waals surface area (Å²) in [6.45, 7) is 2.90. The lowest BCUT2D eigenvalue weighted by Crippen LogP contribution is -2.56. The smallest absolute Gasteiger partial charge is 0.255 e. The number of benzene rings is 2. The van der Waals surface area contributed by atoms with E-state index in [1.54, 1.807) is 0 Å². The molecule has 1 amide bonds. The first kappa shape index (κ1) is 26.4.